The summed E-state index contributed by atoms with van der Waals surface area (Å²) in [5.41, 5.74) is 1.62. The Kier molecular flexibility index (Phi) is 3.47. The molecular formula is C11H9Br2NO2. The van der Waals surface area contributed by atoms with E-state index in [1.165, 1.54) is 0 Å². The maximum absolute atomic E-state index is 10.0. The zero-order valence-corrected chi connectivity index (χ0v) is 11.6. The number of halogens is 2. The summed E-state index contributed by atoms with van der Waals surface area (Å²) in [6, 6.07) is 5.41. The Bertz CT molecular complexity index is 474. The Balaban J connectivity index is 2.31. The van der Waals surface area contributed by atoms with Crippen LogP contribution >= 0.6 is 31.9 Å². The van der Waals surface area contributed by atoms with Gasteiger partial charge in [-0.15, -0.1) is 0 Å². The average molecular weight is 347 g/mol. The van der Waals surface area contributed by atoms with Crippen molar-refractivity contribution in [3.05, 3.63) is 50.6 Å². The minimum atomic E-state index is -0.796. The normalized spacial score (nSPS) is 12.8. The molecule has 2 rings (SSSR count). The summed E-state index contributed by atoms with van der Waals surface area (Å²) in [7, 11) is 0. The topological polar surface area (TPSA) is 46.3 Å². The highest BCUT2D eigenvalue weighted by atomic mass is 79.9. The van der Waals surface area contributed by atoms with Gasteiger partial charge >= 0.3 is 0 Å². The standard InChI is InChI=1S/C11H9Br2NO2/c1-6-2-3-7(5-14-6)10(15)9-4-8(12)11(13)16-9/h2-5,10,15H,1H3. The number of furan rings is 1. The third-order valence-corrected chi connectivity index (χ3v) is 3.89. The fourth-order valence-corrected chi connectivity index (χ4v) is 1.91. The molecule has 1 N–H and O–H groups in total. The second-order valence-corrected chi connectivity index (χ2v) is 4.98. The van der Waals surface area contributed by atoms with Crippen molar-refractivity contribution in [2.24, 2.45) is 0 Å². The maximum Gasteiger partial charge on any atom is 0.183 e. The molecule has 0 aromatic carbocycles. The lowest BCUT2D eigenvalue weighted by Gasteiger charge is -2.07. The van der Waals surface area contributed by atoms with Gasteiger partial charge in [-0.2, -0.15) is 0 Å². The second kappa shape index (κ2) is 4.69. The molecule has 0 amide bonds. The van der Waals surface area contributed by atoms with E-state index in [4.69, 9.17) is 4.42 Å². The Morgan fingerprint density at radius 3 is 2.62 bits per heavy atom. The van der Waals surface area contributed by atoms with Crippen molar-refractivity contribution in [1.82, 2.24) is 4.98 Å². The fraction of sp³-hybridized carbons (Fsp3) is 0.182. The van der Waals surface area contributed by atoms with Gasteiger partial charge in [-0.25, -0.2) is 0 Å². The first-order chi connectivity index (χ1) is 7.58. The predicted octanol–water partition coefficient (Wildman–Crippen LogP) is 3.59. The molecule has 0 radical (unpaired) electrons. The van der Waals surface area contributed by atoms with E-state index in [1.54, 1.807) is 12.3 Å². The van der Waals surface area contributed by atoms with Crippen molar-refractivity contribution < 1.29 is 9.52 Å². The summed E-state index contributed by atoms with van der Waals surface area (Å²) in [4.78, 5) is 4.13. The summed E-state index contributed by atoms with van der Waals surface area (Å²) in [5, 5.41) is 10.0. The van der Waals surface area contributed by atoms with Crippen LogP contribution in [0.4, 0.5) is 0 Å². The van der Waals surface area contributed by atoms with E-state index in [9.17, 15) is 5.11 Å². The number of aryl methyl sites for hydroxylation is 1. The van der Waals surface area contributed by atoms with Crippen molar-refractivity contribution in [3.63, 3.8) is 0 Å². The molecule has 84 valence electrons. The average Bonchev–Trinajstić information content (AvgIpc) is 2.59. The van der Waals surface area contributed by atoms with Crippen LogP contribution in [0.2, 0.25) is 0 Å². The van der Waals surface area contributed by atoms with Gasteiger partial charge < -0.3 is 9.52 Å². The lowest BCUT2D eigenvalue weighted by atomic mass is 10.1. The van der Waals surface area contributed by atoms with Crippen LogP contribution in [0.1, 0.15) is 23.1 Å². The lowest BCUT2D eigenvalue weighted by molar-refractivity contribution is 0.187. The van der Waals surface area contributed by atoms with Crippen LogP contribution in [-0.2, 0) is 0 Å². The molecule has 0 aliphatic heterocycles. The summed E-state index contributed by atoms with van der Waals surface area (Å²) >= 11 is 6.53. The van der Waals surface area contributed by atoms with E-state index in [-0.39, 0.29) is 0 Å². The molecule has 1 atom stereocenters. The minimum absolute atomic E-state index is 0.476. The highest BCUT2D eigenvalue weighted by Gasteiger charge is 2.17. The molecule has 2 aromatic rings. The second-order valence-electron chi connectivity index (χ2n) is 3.41. The van der Waals surface area contributed by atoms with Crippen molar-refractivity contribution in [3.8, 4) is 0 Å². The third kappa shape index (κ3) is 2.36. The van der Waals surface area contributed by atoms with Crippen LogP contribution < -0.4 is 0 Å². The number of rotatable bonds is 2. The third-order valence-electron chi connectivity index (χ3n) is 2.18. The summed E-state index contributed by atoms with van der Waals surface area (Å²) in [6.07, 6.45) is 0.848. The highest BCUT2D eigenvalue weighted by Crippen LogP contribution is 2.32. The van der Waals surface area contributed by atoms with Crippen LogP contribution in [-0.4, -0.2) is 10.1 Å². The van der Waals surface area contributed by atoms with Crippen LogP contribution in [0.5, 0.6) is 0 Å². The van der Waals surface area contributed by atoms with Crippen molar-refractivity contribution in [2.75, 3.05) is 0 Å². The maximum atomic E-state index is 10.0. The number of aliphatic hydroxyl groups excluding tert-OH is 1. The highest BCUT2D eigenvalue weighted by molar-refractivity contribution is 9.13. The van der Waals surface area contributed by atoms with E-state index < -0.39 is 6.10 Å². The van der Waals surface area contributed by atoms with Crippen LogP contribution in [0, 0.1) is 6.92 Å². The van der Waals surface area contributed by atoms with Gasteiger partial charge in [0.1, 0.15) is 11.9 Å². The number of nitrogens with zero attached hydrogens (tertiary/aromatic N) is 1. The molecule has 5 heteroatoms. The predicted molar refractivity (Wildman–Crippen MR) is 67.1 cm³/mol. The van der Waals surface area contributed by atoms with Crippen LogP contribution in [0.25, 0.3) is 0 Å². The van der Waals surface area contributed by atoms with Gasteiger partial charge in [0.25, 0.3) is 0 Å². The van der Waals surface area contributed by atoms with Crippen LogP contribution in [0.15, 0.2) is 38.0 Å². The molecule has 0 saturated heterocycles. The lowest BCUT2D eigenvalue weighted by Crippen LogP contribution is -1.98. The summed E-state index contributed by atoms with van der Waals surface area (Å²) in [5.74, 6) is 0.476. The van der Waals surface area contributed by atoms with Gasteiger partial charge in [0.15, 0.2) is 4.67 Å². The van der Waals surface area contributed by atoms with Crippen molar-refractivity contribution >= 4 is 31.9 Å². The minimum Gasteiger partial charge on any atom is -0.450 e. The van der Waals surface area contributed by atoms with Gasteiger partial charge in [-0.1, -0.05) is 6.07 Å². The van der Waals surface area contributed by atoms with E-state index in [0.717, 1.165) is 10.2 Å². The van der Waals surface area contributed by atoms with E-state index in [1.807, 2.05) is 19.1 Å². The Morgan fingerprint density at radius 2 is 2.12 bits per heavy atom. The molecule has 2 heterocycles. The number of pyridine rings is 1. The molecule has 16 heavy (non-hydrogen) atoms. The van der Waals surface area contributed by atoms with Crippen LogP contribution in [0.3, 0.4) is 0 Å². The van der Waals surface area contributed by atoms with E-state index in [0.29, 0.717) is 16.0 Å². The number of aliphatic hydroxyl groups is 1. The molecule has 2 aromatic heterocycles. The first-order valence-electron chi connectivity index (χ1n) is 4.63. The Hall–Kier alpha value is -0.650. The monoisotopic (exact) mass is 345 g/mol. The Morgan fingerprint density at radius 1 is 1.38 bits per heavy atom. The molecule has 0 bridgehead atoms. The van der Waals surface area contributed by atoms with E-state index in [2.05, 4.69) is 36.8 Å². The molecule has 3 nitrogen and oxygen atoms in total. The quantitative estimate of drug-likeness (QED) is 0.903. The smallest absolute Gasteiger partial charge is 0.183 e. The van der Waals surface area contributed by atoms with E-state index >= 15 is 0 Å². The first-order valence-corrected chi connectivity index (χ1v) is 6.22. The zero-order valence-electron chi connectivity index (χ0n) is 8.45. The largest absolute Gasteiger partial charge is 0.450 e. The van der Waals surface area contributed by atoms with Gasteiger partial charge in [-0.05, 0) is 50.9 Å². The number of hydrogen-bond acceptors (Lipinski definition) is 3. The Labute approximate surface area is 110 Å². The zero-order chi connectivity index (χ0) is 11.7. The summed E-state index contributed by atoms with van der Waals surface area (Å²) in [6.45, 7) is 1.90. The summed E-state index contributed by atoms with van der Waals surface area (Å²) < 4.78 is 6.70. The number of hydrogen-bond donors (Lipinski definition) is 1. The number of aromatic nitrogens is 1. The SMILES string of the molecule is Cc1ccc(C(O)c2cc(Br)c(Br)o2)cn1. The molecule has 0 spiro atoms. The van der Waals surface area contributed by atoms with Gasteiger partial charge in [0.05, 0.1) is 4.47 Å². The van der Waals surface area contributed by atoms with Gasteiger partial charge in [-0.3, -0.25) is 4.98 Å². The molecule has 0 aliphatic carbocycles. The molecule has 0 fully saturated rings. The van der Waals surface area contributed by atoms with Crippen molar-refractivity contribution in [1.29, 1.82) is 0 Å². The van der Waals surface area contributed by atoms with Crippen molar-refractivity contribution in [2.45, 2.75) is 13.0 Å². The fourth-order valence-electron chi connectivity index (χ4n) is 1.30. The molecule has 1 unspecified atom stereocenters. The molecule has 0 saturated carbocycles. The molecule has 0 aliphatic rings. The van der Waals surface area contributed by atoms with Gasteiger partial charge in [0.2, 0.25) is 0 Å². The first kappa shape index (κ1) is 11.8. The molecular weight excluding hydrogens is 338 g/mol. The van der Waals surface area contributed by atoms with Gasteiger partial charge in [0, 0.05) is 17.5 Å².